The van der Waals surface area contributed by atoms with Crippen LogP contribution in [-0.2, 0) is 4.74 Å². The summed E-state index contributed by atoms with van der Waals surface area (Å²) in [6.07, 6.45) is 1.35. The Morgan fingerprint density at radius 3 is 2.29 bits per heavy atom. The molecular weight excluding hydrogens is 178 g/mol. The van der Waals surface area contributed by atoms with E-state index in [1.54, 1.807) is 7.11 Å². The fourth-order valence-electron chi connectivity index (χ4n) is 1.34. The van der Waals surface area contributed by atoms with Gasteiger partial charge in [0.15, 0.2) is 0 Å². The van der Waals surface area contributed by atoms with Crippen molar-refractivity contribution in [3.63, 3.8) is 0 Å². The van der Waals surface area contributed by atoms with Gasteiger partial charge in [-0.1, -0.05) is 0 Å². The van der Waals surface area contributed by atoms with E-state index in [1.165, 1.54) is 6.42 Å². The van der Waals surface area contributed by atoms with Crippen LogP contribution in [0.4, 0.5) is 0 Å². The van der Waals surface area contributed by atoms with Crippen LogP contribution in [0.25, 0.3) is 0 Å². The Balaban J connectivity index is 3.48. The highest BCUT2D eigenvalue weighted by Crippen LogP contribution is 1.94. The van der Waals surface area contributed by atoms with E-state index < -0.39 is 0 Å². The number of nitrogens with zero attached hydrogens (tertiary/aromatic N) is 2. The zero-order valence-corrected chi connectivity index (χ0v) is 9.99. The Kier molecular flexibility index (Phi) is 8.08. The van der Waals surface area contributed by atoms with E-state index >= 15 is 0 Å². The molecule has 0 bridgehead atoms. The lowest BCUT2D eigenvalue weighted by Gasteiger charge is -2.22. The highest BCUT2D eigenvalue weighted by Gasteiger charge is 2.07. The van der Waals surface area contributed by atoms with Gasteiger partial charge in [-0.3, -0.25) is 0 Å². The predicted molar refractivity (Wildman–Crippen MR) is 60.5 cm³/mol. The Bertz CT molecular complexity index is 127. The second-order valence-electron chi connectivity index (χ2n) is 4.01. The van der Waals surface area contributed by atoms with Crippen LogP contribution in [0.1, 0.15) is 6.42 Å². The van der Waals surface area contributed by atoms with Crippen molar-refractivity contribution in [1.29, 1.82) is 0 Å². The van der Waals surface area contributed by atoms with Crippen molar-refractivity contribution in [2.75, 3.05) is 54.4 Å². The lowest BCUT2D eigenvalue weighted by atomic mass is 10.3. The summed E-state index contributed by atoms with van der Waals surface area (Å²) >= 11 is 0. The van der Waals surface area contributed by atoms with E-state index in [0.717, 1.165) is 19.6 Å². The SMILES string of the molecule is COC(CN)CN(C)CCCN(C)C. The van der Waals surface area contributed by atoms with Crippen LogP contribution in [0.15, 0.2) is 0 Å². The Labute approximate surface area is 88.0 Å². The molecule has 0 rings (SSSR count). The van der Waals surface area contributed by atoms with E-state index in [4.69, 9.17) is 10.5 Å². The van der Waals surface area contributed by atoms with Crippen molar-refractivity contribution in [2.24, 2.45) is 5.73 Å². The number of ether oxygens (including phenoxy) is 1. The molecule has 0 aromatic carbocycles. The number of methoxy groups -OCH3 is 1. The number of hydrogen-bond donors (Lipinski definition) is 1. The molecule has 0 heterocycles. The topological polar surface area (TPSA) is 41.7 Å². The average Bonchev–Trinajstić information content (AvgIpc) is 2.13. The van der Waals surface area contributed by atoms with E-state index in [0.29, 0.717) is 6.54 Å². The molecule has 4 heteroatoms. The van der Waals surface area contributed by atoms with Gasteiger partial charge in [-0.15, -0.1) is 0 Å². The highest BCUT2D eigenvalue weighted by atomic mass is 16.5. The minimum absolute atomic E-state index is 0.166. The summed E-state index contributed by atoms with van der Waals surface area (Å²) in [5.74, 6) is 0. The fraction of sp³-hybridized carbons (Fsp3) is 1.00. The molecule has 0 aromatic rings. The van der Waals surface area contributed by atoms with E-state index in [2.05, 4.69) is 30.9 Å². The lowest BCUT2D eigenvalue weighted by Crippen LogP contribution is -2.36. The monoisotopic (exact) mass is 203 g/mol. The van der Waals surface area contributed by atoms with Gasteiger partial charge in [-0.2, -0.15) is 0 Å². The van der Waals surface area contributed by atoms with Crippen LogP contribution < -0.4 is 5.73 Å². The summed E-state index contributed by atoms with van der Waals surface area (Å²) in [5, 5.41) is 0. The third-order valence-electron chi connectivity index (χ3n) is 2.26. The minimum Gasteiger partial charge on any atom is -0.379 e. The van der Waals surface area contributed by atoms with Crippen molar-refractivity contribution in [2.45, 2.75) is 12.5 Å². The summed E-state index contributed by atoms with van der Waals surface area (Å²) in [4.78, 5) is 4.47. The van der Waals surface area contributed by atoms with E-state index in [-0.39, 0.29) is 6.10 Å². The van der Waals surface area contributed by atoms with Crippen LogP contribution in [0.3, 0.4) is 0 Å². The molecule has 0 aliphatic rings. The second kappa shape index (κ2) is 8.17. The molecule has 0 saturated carbocycles. The molecule has 0 saturated heterocycles. The Hall–Kier alpha value is -0.160. The lowest BCUT2D eigenvalue weighted by molar-refractivity contribution is 0.0773. The molecule has 0 aliphatic carbocycles. The molecule has 0 radical (unpaired) electrons. The van der Waals surface area contributed by atoms with Crippen LogP contribution in [0.2, 0.25) is 0 Å². The Morgan fingerprint density at radius 2 is 1.86 bits per heavy atom. The number of hydrogen-bond acceptors (Lipinski definition) is 4. The first-order valence-corrected chi connectivity index (χ1v) is 5.16. The normalized spacial score (nSPS) is 13.9. The van der Waals surface area contributed by atoms with Crippen LogP contribution in [-0.4, -0.2) is 70.3 Å². The van der Waals surface area contributed by atoms with Crippen LogP contribution >= 0.6 is 0 Å². The zero-order valence-electron chi connectivity index (χ0n) is 9.99. The van der Waals surface area contributed by atoms with Crippen molar-refractivity contribution < 1.29 is 4.74 Å². The molecule has 0 amide bonds. The van der Waals surface area contributed by atoms with Crippen molar-refractivity contribution >= 4 is 0 Å². The molecule has 0 aromatic heterocycles. The zero-order chi connectivity index (χ0) is 11.0. The van der Waals surface area contributed by atoms with Gasteiger partial charge in [0.05, 0.1) is 6.10 Å². The molecule has 0 fully saturated rings. The maximum Gasteiger partial charge on any atom is 0.0820 e. The molecule has 14 heavy (non-hydrogen) atoms. The van der Waals surface area contributed by atoms with Crippen molar-refractivity contribution in [3.05, 3.63) is 0 Å². The van der Waals surface area contributed by atoms with Gasteiger partial charge in [0.25, 0.3) is 0 Å². The van der Waals surface area contributed by atoms with Gasteiger partial charge in [0.2, 0.25) is 0 Å². The Morgan fingerprint density at radius 1 is 1.21 bits per heavy atom. The highest BCUT2D eigenvalue weighted by molar-refractivity contribution is 4.63. The van der Waals surface area contributed by atoms with Crippen molar-refractivity contribution in [3.8, 4) is 0 Å². The molecule has 1 atom stereocenters. The summed E-state index contributed by atoms with van der Waals surface area (Å²) in [6, 6.07) is 0. The van der Waals surface area contributed by atoms with Crippen molar-refractivity contribution in [1.82, 2.24) is 9.80 Å². The van der Waals surface area contributed by atoms with Gasteiger partial charge >= 0.3 is 0 Å². The first kappa shape index (κ1) is 13.8. The van der Waals surface area contributed by atoms with Gasteiger partial charge in [0, 0.05) is 20.2 Å². The molecule has 86 valence electrons. The number of rotatable bonds is 8. The summed E-state index contributed by atoms with van der Waals surface area (Å²) in [5.41, 5.74) is 5.55. The van der Waals surface area contributed by atoms with Gasteiger partial charge < -0.3 is 20.3 Å². The molecule has 1 unspecified atom stereocenters. The summed E-state index contributed by atoms with van der Waals surface area (Å²) in [6.45, 7) is 3.73. The standard InChI is InChI=1S/C10H25N3O/c1-12(2)6-5-7-13(3)9-10(8-11)14-4/h10H,5-9,11H2,1-4H3. The molecular formula is C10H25N3O. The van der Waals surface area contributed by atoms with Crippen LogP contribution in [0, 0.1) is 0 Å². The van der Waals surface area contributed by atoms with Crippen LogP contribution in [0.5, 0.6) is 0 Å². The first-order valence-electron chi connectivity index (χ1n) is 5.16. The van der Waals surface area contributed by atoms with E-state index in [9.17, 15) is 0 Å². The fourth-order valence-corrected chi connectivity index (χ4v) is 1.34. The molecule has 4 nitrogen and oxygen atoms in total. The maximum absolute atomic E-state index is 5.55. The smallest absolute Gasteiger partial charge is 0.0820 e. The predicted octanol–water partition coefficient (Wildman–Crippen LogP) is -0.156. The van der Waals surface area contributed by atoms with E-state index in [1.807, 2.05) is 0 Å². The minimum atomic E-state index is 0.166. The average molecular weight is 203 g/mol. The first-order chi connectivity index (χ1) is 6.60. The summed E-state index contributed by atoms with van der Waals surface area (Å²) in [7, 11) is 8.01. The second-order valence-corrected chi connectivity index (χ2v) is 4.01. The van der Waals surface area contributed by atoms with Gasteiger partial charge in [0.1, 0.15) is 0 Å². The number of nitrogens with two attached hydrogens (primary N) is 1. The summed E-state index contributed by atoms with van der Waals surface area (Å²) < 4.78 is 5.22. The molecule has 0 spiro atoms. The number of likely N-dealkylation sites (N-methyl/N-ethyl adjacent to an activating group) is 1. The molecule has 2 N–H and O–H groups in total. The quantitative estimate of drug-likeness (QED) is 0.595. The molecule has 0 aliphatic heterocycles. The maximum atomic E-state index is 5.55. The third-order valence-corrected chi connectivity index (χ3v) is 2.26. The van der Waals surface area contributed by atoms with Gasteiger partial charge in [-0.05, 0) is 40.7 Å². The largest absolute Gasteiger partial charge is 0.379 e. The van der Waals surface area contributed by atoms with Gasteiger partial charge in [-0.25, -0.2) is 0 Å². The third kappa shape index (κ3) is 7.26.